The van der Waals surface area contributed by atoms with Gasteiger partial charge in [0.15, 0.2) is 6.29 Å². The molecule has 0 amide bonds. The summed E-state index contributed by atoms with van der Waals surface area (Å²) in [5.41, 5.74) is 0. The summed E-state index contributed by atoms with van der Waals surface area (Å²) in [5, 5.41) is 47.9. The van der Waals surface area contributed by atoms with E-state index in [2.05, 4.69) is 6.92 Å². The molecule has 1 aliphatic heterocycles. The fraction of sp³-hybridized carbons (Fsp3) is 1.00. The molecular weight excluding hydrogens is 292 g/mol. The zero-order valence-corrected chi connectivity index (χ0v) is 13.2. The highest BCUT2D eigenvalue weighted by Gasteiger charge is 2.43. The minimum Gasteiger partial charge on any atom is -0.394 e. The lowest BCUT2D eigenvalue weighted by molar-refractivity contribution is -0.301. The summed E-state index contributed by atoms with van der Waals surface area (Å²) in [6, 6.07) is 0. The first-order valence-corrected chi connectivity index (χ1v) is 8.11. The third kappa shape index (κ3) is 6.08. The highest BCUT2D eigenvalue weighted by molar-refractivity contribution is 4.88. The van der Waals surface area contributed by atoms with Gasteiger partial charge in [-0.2, -0.15) is 0 Å². The second-order valence-electron chi connectivity index (χ2n) is 5.86. The van der Waals surface area contributed by atoms with Gasteiger partial charge in [0.1, 0.15) is 24.4 Å². The number of ether oxygens (including phenoxy) is 2. The second-order valence-corrected chi connectivity index (χ2v) is 5.86. The number of aliphatic hydroxyl groups excluding tert-OH is 5. The van der Waals surface area contributed by atoms with E-state index in [0.29, 0.717) is 12.8 Å². The molecule has 7 nitrogen and oxygen atoms in total. The molecule has 1 fully saturated rings. The Kier molecular flexibility index (Phi) is 9.42. The van der Waals surface area contributed by atoms with Crippen LogP contribution in [0.25, 0.3) is 0 Å². The first-order valence-electron chi connectivity index (χ1n) is 8.11. The first kappa shape index (κ1) is 19.8. The Morgan fingerprint density at radius 3 is 2.36 bits per heavy atom. The van der Waals surface area contributed by atoms with Crippen LogP contribution in [0, 0.1) is 0 Å². The van der Waals surface area contributed by atoms with Crippen molar-refractivity contribution in [2.45, 2.75) is 82.3 Å². The molecule has 1 heterocycles. The summed E-state index contributed by atoms with van der Waals surface area (Å²) in [6.07, 6.45) is -1.29. The molecule has 6 atom stereocenters. The van der Waals surface area contributed by atoms with Crippen molar-refractivity contribution in [2.24, 2.45) is 0 Å². The lowest BCUT2D eigenvalue weighted by Gasteiger charge is -2.39. The molecule has 5 N–H and O–H groups in total. The minimum atomic E-state index is -1.44. The van der Waals surface area contributed by atoms with Crippen molar-refractivity contribution in [3.05, 3.63) is 0 Å². The van der Waals surface area contributed by atoms with E-state index in [4.69, 9.17) is 14.6 Å². The molecule has 0 aromatic rings. The van der Waals surface area contributed by atoms with Crippen molar-refractivity contribution in [1.82, 2.24) is 0 Å². The fourth-order valence-corrected chi connectivity index (χ4v) is 2.48. The summed E-state index contributed by atoms with van der Waals surface area (Å²) in [5.74, 6) is 0. The summed E-state index contributed by atoms with van der Waals surface area (Å²) >= 11 is 0. The number of hydrogen-bond donors (Lipinski definition) is 5. The maximum absolute atomic E-state index is 9.82. The van der Waals surface area contributed by atoms with Gasteiger partial charge in [0, 0.05) is 0 Å². The van der Waals surface area contributed by atoms with Gasteiger partial charge in [-0.25, -0.2) is 0 Å². The molecule has 0 bridgehead atoms. The minimum absolute atomic E-state index is 0.164. The van der Waals surface area contributed by atoms with E-state index in [-0.39, 0.29) is 6.61 Å². The first-order chi connectivity index (χ1) is 10.5. The molecule has 22 heavy (non-hydrogen) atoms. The lowest BCUT2D eigenvalue weighted by Crippen LogP contribution is -2.59. The Morgan fingerprint density at radius 2 is 1.73 bits per heavy atom. The zero-order valence-electron chi connectivity index (χ0n) is 13.2. The zero-order chi connectivity index (χ0) is 16.5. The second kappa shape index (κ2) is 10.5. The van der Waals surface area contributed by atoms with Crippen molar-refractivity contribution in [3.8, 4) is 0 Å². The van der Waals surface area contributed by atoms with Crippen LogP contribution in [0.15, 0.2) is 0 Å². The predicted octanol–water partition coefficient (Wildman–Crippen LogP) is -0.476. The molecular formula is C15H30O7. The molecule has 0 radical (unpaired) electrons. The number of unbranched alkanes of at least 4 members (excludes halogenated alkanes) is 3. The van der Waals surface area contributed by atoms with Crippen molar-refractivity contribution in [3.63, 3.8) is 0 Å². The van der Waals surface area contributed by atoms with Crippen LogP contribution in [-0.2, 0) is 9.47 Å². The quantitative estimate of drug-likeness (QED) is 0.345. The smallest absolute Gasteiger partial charge is 0.186 e. The van der Waals surface area contributed by atoms with E-state index in [1.165, 1.54) is 0 Å². The molecule has 0 aromatic heterocycles. The van der Waals surface area contributed by atoms with E-state index < -0.39 is 43.4 Å². The van der Waals surface area contributed by atoms with Crippen LogP contribution < -0.4 is 0 Å². The molecule has 0 aliphatic carbocycles. The van der Waals surface area contributed by atoms with E-state index in [9.17, 15) is 20.4 Å². The van der Waals surface area contributed by atoms with Crippen LogP contribution in [0.4, 0.5) is 0 Å². The van der Waals surface area contributed by atoms with Crippen LogP contribution in [0.2, 0.25) is 0 Å². The average molecular weight is 322 g/mol. The standard InChI is InChI=1S/C15H30O7/c1-2-3-4-5-6-10(17)7-8-21-15-14(20)13(19)12(18)11(9-16)22-15/h10-20H,2-9H2,1H3/t10-,11?,12?,13?,14?,15?/m1/s1. The van der Waals surface area contributed by atoms with Crippen LogP contribution in [0.3, 0.4) is 0 Å². The van der Waals surface area contributed by atoms with Gasteiger partial charge in [-0.1, -0.05) is 32.6 Å². The Morgan fingerprint density at radius 1 is 1.00 bits per heavy atom. The monoisotopic (exact) mass is 322 g/mol. The van der Waals surface area contributed by atoms with Crippen molar-refractivity contribution >= 4 is 0 Å². The number of hydrogen-bond acceptors (Lipinski definition) is 7. The van der Waals surface area contributed by atoms with Gasteiger partial charge in [0.25, 0.3) is 0 Å². The lowest BCUT2D eigenvalue weighted by atomic mass is 9.99. The van der Waals surface area contributed by atoms with Crippen LogP contribution >= 0.6 is 0 Å². The summed E-state index contributed by atoms with van der Waals surface area (Å²) in [7, 11) is 0. The highest BCUT2D eigenvalue weighted by Crippen LogP contribution is 2.22. The van der Waals surface area contributed by atoms with Gasteiger partial charge in [0.05, 0.1) is 19.3 Å². The van der Waals surface area contributed by atoms with Crippen LogP contribution in [0.5, 0.6) is 0 Å². The third-order valence-corrected chi connectivity index (χ3v) is 3.97. The fourth-order valence-electron chi connectivity index (χ4n) is 2.48. The summed E-state index contributed by atoms with van der Waals surface area (Å²) in [6.45, 7) is 1.81. The van der Waals surface area contributed by atoms with Gasteiger partial charge < -0.3 is 35.0 Å². The van der Waals surface area contributed by atoms with E-state index in [0.717, 1.165) is 25.7 Å². The van der Waals surface area contributed by atoms with E-state index >= 15 is 0 Å². The van der Waals surface area contributed by atoms with Crippen LogP contribution in [0.1, 0.15) is 45.4 Å². The van der Waals surface area contributed by atoms with Crippen molar-refractivity contribution in [2.75, 3.05) is 13.2 Å². The molecule has 1 aliphatic rings. The van der Waals surface area contributed by atoms with Gasteiger partial charge in [-0.3, -0.25) is 0 Å². The molecule has 7 heteroatoms. The molecule has 0 spiro atoms. The van der Waals surface area contributed by atoms with Gasteiger partial charge in [0.2, 0.25) is 0 Å². The molecule has 0 saturated carbocycles. The predicted molar refractivity (Wildman–Crippen MR) is 79.1 cm³/mol. The maximum Gasteiger partial charge on any atom is 0.186 e. The van der Waals surface area contributed by atoms with Gasteiger partial charge in [-0.05, 0) is 12.8 Å². The van der Waals surface area contributed by atoms with Crippen LogP contribution in [-0.4, -0.2) is 75.6 Å². The normalized spacial score (nSPS) is 33.8. The largest absolute Gasteiger partial charge is 0.394 e. The molecule has 132 valence electrons. The maximum atomic E-state index is 9.82. The number of rotatable bonds is 10. The third-order valence-electron chi connectivity index (χ3n) is 3.97. The van der Waals surface area contributed by atoms with E-state index in [1.54, 1.807) is 0 Å². The topological polar surface area (TPSA) is 120 Å². The van der Waals surface area contributed by atoms with E-state index in [1.807, 2.05) is 0 Å². The van der Waals surface area contributed by atoms with Crippen molar-refractivity contribution < 1.29 is 35.0 Å². The molecule has 1 saturated heterocycles. The summed E-state index contributed by atoms with van der Waals surface area (Å²) in [4.78, 5) is 0. The Hall–Kier alpha value is -0.280. The Balaban J connectivity index is 2.25. The molecule has 1 rings (SSSR count). The SMILES string of the molecule is CCCCCC[C@@H](O)CCOC1OC(CO)C(O)C(O)C1O. The molecule has 0 aromatic carbocycles. The molecule has 5 unspecified atom stereocenters. The Bertz CT molecular complexity index is 287. The van der Waals surface area contributed by atoms with Gasteiger partial charge in [-0.15, -0.1) is 0 Å². The number of aliphatic hydroxyl groups is 5. The highest BCUT2D eigenvalue weighted by atomic mass is 16.7. The van der Waals surface area contributed by atoms with Crippen molar-refractivity contribution in [1.29, 1.82) is 0 Å². The Labute approximate surface area is 131 Å². The average Bonchev–Trinajstić information content (AvgIpc) is 2.51. The van der Waals surface area contributed by atoms with Gasteiger partial charge >= 0.3 is 0 Å². The summed E-state index contributed by atoms with van der Waals surface area (Å²) < 4.78 is 10.5.